The van der Waals surface area contributed by atoms with Crippen LogP contribution in [0.2, 0.25) is 0 Å². The smallest absolute Gasteiger partial charge is 0.0343 e. The predicted molar refractivity (Wildman–Crippen MR) is 79.6 cm³/mol. The van der Waals surface area contributed by atoms with E-state index in [-0.39, 0.29) is 0 Å². The summed E-state index contributed by atoms with van der Waals surface area (Å²) in [6.45, 7) is 2.25. The molecule has 0 spiro atoms. The Bertz CT molecular complexity index is 427. The maximum Gasteiger partial charge on any atom is 0.0343 e. The van der Waals surface area contributed by atoms with Gasteiger partial charge in [0.2, 0.25) is 0 Å². The average molecular weight is 262 g/mol. The summed E-state index contributed by atoms with van der Waals surface area (Å²) in [6, 6.07) is 6.89. The number of hydrogen-bond acceptors (Lipinski definition) is 3. The lowest BCUT2D eigenvalue weighted by Gasteiger charge is -2.19. The number of fused-ring (bicyclic) bond motifs is 1. The van der Waals surface area contributed by atoms with Gasteiger partial charge in [-0.2, -0.15) is 0 Å². The molecule has 18 heavy (non-hydrogen) atoms. The summed E-state index contributed by atoms with van der Waals surface area (Å²) >= 11 is 2.00. The molecule has 0 radical (unpaired) electrons. The van der Waals surface area contributed by atoms with Crippen molar-refractivity contribution in [1.29, 1.82) is 0 Å². The molecule has 0 aromatic heterocycles. The van der Waals surface area contributed by atoms with Crippen molar-refractivity contribution in [3.8, 4) is 0 Å². The molecule has 0 amide bonds. The van der Waals surface area contributed by atoms with Gasteiger partial charge in [0.05, 0.1) is 0 Å². The zero-order valence-corrected chi connectivity index (χ0v) is 11.9. The minimum Gasteiger partial charge on any atom is -0.384 e. The molecule has 2 aliphatic rings. The molecule has 0 unspecified atom stereocenters. The number of thioether (sulfide) groups is 1. The summed E-state index contributed by atoms with van der Waals surface area (Å²) in [5.74, 6) is 1.28. The molecule has 1 fully saturated rings. The second-order valence-corrected chi connectivity index (χ2v) is 6.80. The molecule has 1 aliphatic carbocycles. The summed E-state index contributed by atoms with van der Waals surface area (Å²) in [5.41, 5.74) is 3.37. The van der Waals surface area contributed by atoms with Crippen molar-refractivity contribution >= 4 is 17.4 Å². The van der Waals surface area contributed by atoms with Gasteiger partial charge in [-0.1, -0.05) is 0 Å². The van der Waals surface area contributed by atoms with Crippen molar-refractivity contribution in [1.82, 2.24) is 5.32 Å². The lowest BCUT2D eigenvalue weighted by atomic mass is 10.1. The van der Waals surface area contributed by atoms with Gasteiger partial charge in [0.15, 0.2) is 0 Å². The quantitative estimate of drug-likeness (QED) is 0.852. The van der Waals surface area contributed by atoms with Crippen molar-refractivity contribution in [2.75, 3.05) is 31.2 Å². The number of hydrogen-bond donors (Lipinski definition) is 2. The molecule has 2 N–H and O–H groups in total. The third-order valence-electron chi connectivity index (χ3n) is 4.08. The zero-order valence-electron chi connectivity index (χ0n) is 11.1. The van der Waals surface area contributed by atoms with Crippen LogP contribution in [0.25, 0.3) is 0 Å². The highest BCUT2D eigenvalue weighted by Crippen LogP contribution is 2.45. The van der Waals surface area contributed by atoms with E-state index in [2.05, 4.69) is 35.9 Å². The van der Waals surface area contributed by atoms with Crippen LogP contribution in [-0.2, 0) is 6.42 Å². The topological polar surface area (TPSA) is 24.1 Å². The Kier molecular flexibility index (Phi) is 3.53. The van der Waals surface area contributed by atoms with Gasteiger partial charge < -0.3 is 10.6 Å². The number of anilines is 1. The summed E-state index contributed by atoms with van der Waals surface area (Å²) in [4.78, 5) is 1.49. The Labute approximate surface area is 114 Å². The number of benzene rings is 1. The van der Waals surface area contributed by atoms with Crippen LogP contribution in [0, 0.1) is 5.41 Å². The van der Waals surface area contributed by atoms with E-state index in [0.717, 1.165) is 13.1 Å². The van der Waals surface area contributed by atoms with E-state index in [1.807, 2.05) is 11.8 Å². The van der Waals surface area contributed by atoms with E-state index in [1.165, 1.54) is 47.6 Å². The van der Waals surface area contributed by atoms with Gasteiger partial charge >= 0.3 is 0 Å². The third-order valence-corrected chi connectivity index (χ3v) is 5.29. The second-order valence-electron chi connectivity index (χ2n) is 5.66. The fraction of sp³-hybridized carbons (Fsp3) is 0.600. The molecule has 1 saturated carbocycles. The Morgan fingerprint density at radius 3 is 2.94 bits per heavy atom. The summed E-state index contributed by atoms with van der Waals surface area (Å²) in [5, 5.41) is 6.95. The van der Waals surface area contributed by atoms with Crippen molar-refractivity contribution < 1.29 is 0 Å². The second kappa shape index (κ2) is 5.14. The molecule has 0 atom stereocenters. The first-order valence-corrected chi connectivity index (χ1v) is 7.94. The van der Waals surface area contributed by atoms with Gasteiger partial charge in [0.1, 0.15) is 0 Å². The molecule has 1 aliphatic heterocycles. The molecular formula is C15H22N2S. The maximum atomic E-state index is 3.63. The normalized spacial score (nSPS) is 20.3. The Balaban J connectivity index is 1.63. The van der Waals surface area contributed by atoms with E-state index in [4.69, 9.17) is 0 Å². The number of nitrogens with one attached hydrogen (secondary N) is 2. The molecular weight excluding hydrogens is 240 g/mol. The molecule has 98 valence electrons. The van der Waals surface area contributed by atoms with Crippen molar-refractivity contribution in [3.63, 3.8) is 0 Å². The zero-order chi connectivity index (χ0) is 12.4. The van der Waals surface area contributed by atoms with Crippen LogP contribution in [0.1, 0.15) is 24.8 Å². The minimum atomic E-state index is 0.527. The molecule has 1 heterocycles. The van der Waals surface area contributed by atoms with Gasteiger partial charge in [-0.3, -0.25) is 0 Å². The largest absolute Gasteiger partial charge is 0.384 e. The SMILES string of the molecule is CNCC1(CNc2ccc3c(c2)CCCS3)CC1. The molecule has 3 heteroatoms. The van der Waals surface area contributed by atoms with Crippen LogP contribution in [0.5, 0.6) is 0 Å². The fourth-order valence-corrected chi connectivity index (χ4v) is 3.75. The first kappa shape index (κ1) is 12.4. The van der Waals surface area contributed by atoms with E-state index in [0.29, 0.717) is 5.41 Å². The first-order valence-electron chi connectivity index (χ1n) is 6.96. The molecule has 0 saturated heterocycles. The Hall–Kier alpha value is -0.670. The van der Waals surface area contributed by atoms with Crippen LogP contribution in [0.15, 0.2) is 23.1 Å². The van der Waals surface area contributed by atoms with Gasteiger partial charge in [0, 0.05) is 29.1 Å². The van der Waals surface area contributed by atoms with Crippen molar-refractivity contribution in [2.24, 2.45) is 5.41 Å². The fourth-order valence-electron chi connectivity index (χ4n) is 2.73. The predicted octanol–water partition coefficient (Wildman–Crippen LogP) is 3.14. The lowest BCUT2D eigenvalue weighted by Crippen LogP contribution is -2.26. The van der Waals surface area contributed by atoms with E-state index >= 15 is 0 Å². The Morgan fingerprint density at radius 1 is 1.28 bits per heavy atom. The van der Waals surface area contributed by atoms with Gasteiger partial charge in [-0.25, -0.2) is 0 Å². The molecule has 3 rings (SSSR count). The molecule has 1 aromatic rings. The van der Waals surface area contributed by atoms with Crippen LogP contribution in [0.3, 0.4) is 0 Å². The van der Waals surface area contributed by atoms with Crippen LogP contribution in [-0.4, -0.2) is 25.9 Å². The average Bonchev–Trinajstić information content (AvgIpc) is 3.17. The van der Waals surface area contributed by atoms with Gasteiger partial charge in [-0.15, -0.1) is 11.8 Å². The monoisotopic (exact) mass is 262 g/mol. The number of aryl methyl sites for hydroxylation is 1. The number of rotatable bonds is 5. The summed E-state index contributed by atoms with van der Waals surface area (Å²) in [7, 11) is 2.05. The highest BCUT2D eigenvalue weighted by Gasteiger charge is 2.41. The third kappa shape index (κ3) is 2.67. The van der Waals surface area contributed by atoms with Crippen molar-refractivity contribution in [3.05, 3.63) is 23.8 Å². The van der Waals surface area contributed by atoms with Gasteiger partial charge in [0.25, 0.3) is 0 Å². The lowest BCUT2D eigenvalue weighted by molar-refractivity contribution is 0.507. The highest BCUT2D eigenvalue weighted by molar-refractivity contribution is 7.99. The maximum absolute atomic E-state index is 3.63. The standard InChI is InChI=1S/C15H22N2S/c1-16-10-15(6-7-15)11-17-13-4-5-14-12(9-13)3-2-8-18-14/h4-5,9,16-17H,2-3,6-8,10-11H2,1H3. The van der Waals surface area contributed by atoms with E-state index in [9.17, 15) is 0 Å². The van der Waals surface area contributed by atoms with Crippen molar-refractivity contribution in [2.45, 2.75) is 30.6 Å². The summed E-state index contributed by atoms with van der Waals surface area (Å²) < 4.78 is 0. The van der Waals surface area contributed by atoms with Crippen LogP contribution < -0.4 is 10.6 Å². The van der Waals surface area contributed by atoms with Crippen LogP contribution in [0.4, 0.5) is 5.69 Å². The molecule has 1 aromatic carbocycles. The summed E-state index contributed by atoms with van der Waals surface area (Å²) in [6.07, 6.45) is 5.30. The highest BCUT2D eigenvalue weighted by atomic mass is 32.2. The van der Waals surface area contributed by atoms with Gasteiger partial charge in [-0.05, 0) is 62.2 Å². The van der Waals surface area contributed by atoms with E-state index < -0.39 is 0 Å². The van der Waals surface area contributed by atoms with Crippen LogP contribution >= 0.6 is 11.8 Å². The minimum absolute atomic E-state index is 0.527. The van der Waals surface area contributed by atoms with E-state index in [1.54, 1.807) is 0 Å². The Morgan fingerprint density at radius 2 is 2.17 bits per heavy atom. The molecule has 2 nitrogen and oxygen atoms in total. The first-order chi connectivity index (χ1) is 8.81. The molecule has 0 bridgehead atoms.